The Morgan fingerprint density at radius 2 is 0.840 bits per heavy atom. The van der Waals surface area contributed by atoms with Crippen molar-refractivity contribution < 1.29 is 0 Å². The fourth-order valence-corrected chi connectivity index (χ4v) is 9.02. The second kappa shape index (κ2) is 12.1. The molecule has 8 rings (SSSR count). The lowest BCUT2D eigenvalue weighted by atomic mass is 9.94. The molecule has 0 bridgehead atoms. The van der Waals surface area contributed by atoms with Crippen molar-refractivity contribution in [3.8, 4) is 45.2 Å². The summed E-state index contributed by atoms with van der Waals surface area (Å²) in [5, 5.41) is 45.4. The van der Waals surface area contributed by atoms with E-state index >= 15 is 0 Å². The second-order valence-corrected chi connectivity index (χ2v) is 14.1. The highest BCUT2D eigenvalue weighted by atomic mass is 32.1. The molecule has 4 aromatic carbocycles. The summed E-state index contributed by atoms with van der Waals surface area (Å²) in [7, 11) is 4.11. The van der Waals surface area contributed by atoms with Crippen molar-refractivity contribution in [3.05, 3.63) is 130 Å². The predicted molar refractivity (Wildman–Crippen MR) is 204 cm³/mol. The molecule has 6 nitrogen and oxygen atoms in total. The van der Waals surface area contributed by atoms with Crippen LogP contribution in [-0.2, 0) is 14.1 Å². The number of nitrogens with zero attached hydrogens (tertiary/aromatic N) is 6. The number of rotatable bonds is 5. The van der Waals surface area contributed by atoms with E-state index in [1.807, 2.05) is 72.8 Å². The van der Waals surface area contributed by atoms with Gasteiger partial charge in [0.05, 0.1) is 0 Å². The number of para-hydroxylation sites is 2. The molecule has 0 spiro atoms. The number of thiophene rings is 2. The van der Waals surface area contributed by atoms with Gasteiger partial charge in [0.1, 0.15) is 35.4 Å². The molecule has 0 radical (unpaired) electrons. The molecule has 0 aliphatic rings. The Balaban J connectivity index is 1.25. The van der Waals surface area contributed by atoms with Crippen LogP contribution >= 0.6 is 22.7 Å². The number of aryl methyl sites for hydroxylation is 2. The summed E-state index contributed by atoms with van der Waals surface area (Å²) in [5.74, 6) is 0. The van der Waals surface area contributed by atoms with Crippen molar-refractivity contribution in [1.29, 1.82) is 21.0 Å². The molecule has 0 unspecified atom stereocenters. The molecule has 0 aliphatic heterocycles. The zero-order valence-corrected chi connectivity index (χ0v) is 28.5. The van der Waals surface area contributed by atoms with Crippen LogP contribution in [0, 0.1) is 45.3 Å². The van der Waals surface area contributed by atoms with Gasteiger partial charge in [-0.25, -0.2) is 0 Å². The van der Waals surface area contributed by atoms with Crippen molar-refractivity contribution >= 4 is 77.4 Å². The summed E-state index contributed by atoms with van der Waals surface area (Å²) in [6.07, 6.45) is 0. The molecule has 0 amide bonds. The van der Waals surface area contributed by atoms with Crippen LogP contribution in [0.2, 0.25) is 0 Å². The van der Waals surface area contributed by atoms with Crippen LogP contribution in [0.3, 0.4) is 0 Å². The summed E-state index contributed by atoms with van der Waals surface area (Å²) < 4.78 is 4.35. The maximum absolute atomic E-state index is 10.2. The first-order chi connectivity index (χ1) is 24.4. The lowest BCUT2D eigenvalue weighted by molar-refractivity contribution is 1.01. The molecule has 50 heavy (non-hydrogen) atoms. The van der Waals surface area contributed by atoms with Gasteiger partial charge in [-0.15, -0.1) is 22.7 Å². The fraction of sp³-hybridized carbons (Fsp3) is 0.0476. The second-order valence-electron chi connectivity index (χ2n) is 11.9. The minimum Gasteiger partial charge on any atom is -0.344 e. The van der Waals surface area contributed by atoms with Gasteiger partial charge in [-0.1, -0.05) is 60.7 Å². The minimum atomic E-state index is -0.160. The zero-order chi connectivity index (χ0) is 34.5. The van der Waals surface area contributed by atoms with E-state index in [1.54, 1.807) is 0 Å². The van der Waals surface area contributed by atoms with Crippen molar-refractivity contribution in [3.63, 3.8) is 0 Å². The standard InChI is InChI=1S/C42H24N6S2/c1-47-33-9-5-3-7-29(33)31-13-11-25(19-35(31)47)37-15-17-39(49-37)41(27(21-43)22-44)42(28(23-45)24-46)40-18-16-38(50-40)26-12-14-32-30-8-4-6-10-34(30)48(2)36(32)20-26/h3-20H,1-2H3. The number of hydrogen-bond acceptors (Lipinski definition) is 6. The highest BCUT2D eigenvalue weighted by molar-refractivity contribution is 7.18. The number of fused-ring (bicyclic) bond motifs is 6. The molecule has 0 saturated heterocycles. The average molecular weight is 677 g/mol. The van der Waals surface area contributed by atoms with E-state index in [0.29, 0.717) is 9.75 Å². The van der Waals surface area contributed by atoms with Gasteiger partial charge in [0.15, 0.2) is 0 Å². The van der Waals surface area contributed by atoms with Gasteiger partial charge in [0.25, 0.3) is 0 Å². The average Bonchev–Trinajstić information content (AvgIpc) is 3.96. The van der Waals surface area contributed by atoms with Crippen LogP contribution < -0.4 is 0 Å². The highest BCUT2D eigenvalue weighted by Crippen LogP contribution is 2.45. The lowest BCUT2D eigenvalue weighted by Crippen LogP contribution is -1.94. The third-order valence-electron chi connectivity index (χ3n) is 9.30. The van der Waals surface area contributed by atoms with Gasteiger partial charge in [0, 0.05) is 88.4 Å². The maximum Gasteiger partial charge on any atom is 0.139 e. The van der Waals surface area contributed by atoms with E-state index in [0.717, 1.165) is 53.7 Å². The SMILES string of the molecule is Cn1c2ccccc2c2ccc(-c3ccc(C(=C(C#N)C#N)C(=C(C#N)C#N)c4ccc(-c5ccc6c7ccccc7n(C)c6c5)s4)s3)cc21. The summed E-state index contributed by atoms with van der Waals surface area (Å²) in [5.41, 5.74) is 6.70. The van der Waals surface area contributed by atoms with Gasteiger partial charge < -0.3 is 9.13 Å². The molecule has 8 aromatic rings. The predicted octanol–water partition coefficient (Wildman–Crippen LogP) is 10.7. The zero-order valence-electron chi connectivity index (χ0n) is 26.9. The number of allylic oxidation sites excluding steroid dienone is 4. The molecule has 0 aliphatic carbocycles. The minimum absolute atomic E-state index is 0.160. The molecular formula is C42H24N6S2. The topological polar surface area (TPSA) is 105 Å². The first-order valence-corrected chi connectivity index (χ1v) is 17.3. The molecule has 8 heteroatoms. The van der Waals surface area contributed by atoms with Gasteiger partial charge in [-0.05, 0) is 59.7 Å². The van der Waals surface area contributed by atoms with E-state index in [9.17, 15) is 21.0 Å². The van der Waals surface area contributed by atoms with E-state index in [-0.39, 0.29) is 22.3 Å². The van der Waals surface area contributed by atoms with Crippen molar-refractivity contribution in [2.45, 2.75) is 0 Å². The number of hydrogen-bond donors (Lipinski definition) is 0. The summed E-state index contributed by atoms with van der Waals surface area (Å²) in [4.78, 5) is 3.12. The van der Waals surface area contributed by atoms with Gasteiger partial charge >= 0.3 is 0 Å². The van der Waals surface area contributed by atoms with E-state index < -0.39 is 0 Å². The monoisotopic (exact) mass is 676 g/mol. The van der Waals surface area contributed by atoms with Gasteiger partial charge in [-0.2, -0.15) is 21.0 Å². The molecule has 234 valence electrons. The third kappa shape index (κ3) is 4.72. The van der Waals surface area contributed by atoms with Crippen LogP contribution in [0.1, 0.15) is 9.75 Å². The third-order valence-corrected chi connectivity index (χ3v) is 11.6. The van der Waals surface area contributed by atoms with Gasteiger partial charge in [0.2, 0.25) is 0 Å². The number of benzene rings is 4. The van der Waals surface area contributed by atoms with E-state index in [1.165, 1.54) is 33.4 Å². The molecule has 4 aromatic heterocycles. The molecular weight excluding hydrogens is 653 g/mol. The fourth-order valence-electron chi connectivity index (χ4n) is 6.90. The van der Waals surface area contributed by atoms with E-state index in [4.69, 9.17) is 0 Å². The smallest absolute Gasteiger partial charge is 0.139 e. The molecule has 0 fully saturated rings. The lowest BCUT2D eigenvalue weighted by Gasteiger charge is -2.10. The number of aromatic nitrogens is 2. The molecule has 0 atom stereocenters. The van der Waals surface area contributed by atoms with E-state index in [2.05, 4.69) is 83.9 Å². The first kappa shape index (κ1) is 30.6. The summed E-state index contributed by atoms with van der Waals surface area (Å²) in [6, 6.07) is 45.1. The Morgan fingerprint density at radius 3 is 1.24 bits per heavy atom. The van der Waals surface area contributed by atoms with Crippen LogP contribution in [0.25, 0.3) is 75.6 Å². The summed E-state index contributed by atoms with van der Waals surface area (Å²) in [6.45, 7) is 0. The van der Waals surface area contributed by atoms with Crippen LogP contribution in [-0.4, -0.2) is 9.13 Å². The summed E-state index contributed by atoms with van der Waals surface area (Å²) >= 11 is 2.85. The molecule has 0 saturated carbocycles. The maximum atomic E-state index is 10.2. The van der Waals surface area contributed by atoms with Crippen LogP contribution in [0.4, 0.5) is 0 Å². The Bertz CT molecular complexity index is 2710. The highest BCUT2D eigenvalue weighted by Gasteiger charge is 2.25. The van der Waals surface area contributed by atoms with Crippen molar-refractivity contribution in [2.75, 3.05) is 0 Å². The van der Waals surface area contributed by atoms with Crippen molar-refractivity contribution in [2.24, 2.45) is 14.1 Å². The Hall–Kier alpha value is -6.68. The Morgan fingerprint density at radius 1 is 0.460 bits per heavy atom. The van der Waals surface area contributed by atoms with Crippen LogP contribution in [0.15, 0.2) is 120 Å². The van der Waals surface area contributed by atoms with Crippen molar-refractivity contribution in [1.82, 2.24) is 9.13 Å². The Labute approximate surface area is 295 Å². The van der Waals surface area contributed by atoms with Gasteiger partial charge in [-0.3, -0.25) is 0 Å². The molecule has 4 heterocycles. The largest absolute Gasteiger partial charge is 0.344 e. The molecule has 0 N–H and O–H groups in total. The Kier molecular flexibility index (Phi) is 7.41. The number of nitriles is 4. The van der Waals surface area contributed by atoms with Crippen LogP contribution in [0.5, 0.6) is 0 Å². The first-order valence-electron chi connectivity index (χ1n) is 15.7. The normalized spacial score (nSPS) is 10.9. The quantitative estimate of drug-likeness (QED) is 0.134.